The third-order valence-corrected chi connectivity index (χ3v) is 6.27. The van der Waals surface area contributed by atoms with Crippen LogP contribution in [0.1, 0.15) is 20.8 Å². The Morgan fingerprint density at radius 2 is 1.94 bits per heavy atom. The minimum atomic E-state index is -0.196. The quantitative estimate of drug-likeness (QED) is 0.363. The number of thiophene rings is 1. The monoisotopic (exact) mass is 511 g/mol. The zero-order valence-electron chi connectivity index (χ0n) is 16.8. The number of halogens is 1. The fraction of sp³-hybridized carbons (Fsp3) is 0.130. The van der Waals surface area contributed by atoms with Crippen LogP contribution in [0.25, 0.3) is 0 Å². The minimum Gasteiger partial charge on any atom is -0.489 e. The largest absolute Gasteiger partial charge is 0.489 e. The third-order valence-electron chi connectivity index (χ3n) is 4.77. The zero-order valence-corrected chi connectivity index (χ0v) is 19.2. The molecule has 2 aromatic carbocycles. The molecule has 1 aliphatic heterocycles. The Morgan fingerprint density at radius 1 is 1.09 bits per heavy atom. The number of ether oxygens (including phenoxy) is 3. The first-order chi connectivity index (χ1) is 15.6. The molecule has 0 bridgehead atoms. The summed E-state index contributed by atoms with van der Waals surface area (Å²) < 4.78 is 19.3. The summed E-state index contributed by atoms with van der Waals surface area (Å²) in [5, 5.41) is 9.20. The maximum Gasteiger partial charge on any atom is 0.266 e. The molecule has 2 aromatic heterocycles. The molecule has 1 amide bonds. The summed E-state index contributed by atoms with van der Waals surface area (Å²) in [6.45, 7) is 1.21. The van der Waals surface area contributed by atoms with Gasteiger partial charge in [-0.3, -0.25) is 9.48 Å². The van der Waals surface area contributed by atoms with Crippen LogP contribution in [0.3, 0.4) is 0 Å². The average molecular weight is 512 g/mol. The number of rotatable bonds is 7. The van der Waals surface area contributed by atoms with Crippen LogP contribution in [0.15, 0.2) is 70.6 Å². The van der Waals surface area contributed by atoms with Gasteiger partial charge >= 0.3 is 0 Å². The first-order valence-electron chi connectivity index (χ1n) is 9.81. The van der Waals surface area contributed by atoms with E-state index < -0.39 is 0 Å². The summed E-state index contributed by atoms with van der Waals surface area (Å²) >= 11 is 4.80. The number of aromatic nitrogens is 2. The van der Waals surface area contributed by atoms with Crippen molar-refractivity contribution in [1.82, 2.24) is 9.78 Å². The molecule has 7 nitrogen and oxygen atoms in total. The lowest BCUT2D eigenvalue weighted by Gasteiger charge is -2.05. The molecule has 0 spiro atoms. The molecule has 0 atom stereocenters. The second kappa shape index (κ2) is 9.05. The maximum absolute atomic E-state index is 12.6. The van der Waals surface area contributed by atoms with E-state index >= 15 is 0 Å². The van der Waals surface area contributed by atoms with Crippen LogP contribution in [0.5, 0.6) is 17.2 Å². The Kier molecular flexibility index (Phi) is 5.83. The number of nitrogens with zero attached hydrogens (tertiary/aromatic N) is 2. The van der Waals surface area contributed by atoms with Gasteiger partial charge in [0.1, 0.15) is 12.4 Å². The Bertz CT molecular complexity index is 1250. The van der Waals surface area contributed by atoms with Gasteiger partial charge in [0.2, 0.25) is 6.79 Å². The van der Waals surface area contributed by atoms with Crippen molar-refractivity contribution >= 4 is 39.0 Å². The lowest BCUT2D eigenvalue weighted by atomic mass is 10.2. The highest BCUT2D eigenvalue weighted by Gasteiger charge is 2.15. The molecule has 0 fully saturated rings. The van der Waals surface area contributed by atoms with Crippen molar-refractivity contribution in [3.8, 4) is 17.2 Å². The van der Waals surface area contributed by atoms with Crippen LogP contribution in [0.4, 0.5) is 5.82 Å². The van der Waals surface area contributed by atoms with Crippen LogP contribution >= 0.6 is 27.3 Å². The highest BCUT2D eigenvalue weighted by molar-refractivity contribution is 9.10. The summed E-state index contributed by atoms with van der Waals surface area (Å²) in [6, 6.07) is 17.1. The van der Waals surface area contributed by atoms with Gasteiger partial charge in [-0.1, -0.05) is 28.1 Å². The minimum absolute atomic E-state index is 0.196. The smallest absolute Gasteiger partial charge is 0.266 e. The van der Waals surface area contributed by atoms with Crippen molar-refractivity contribution in [2.24, 2.45) is 0 Å². The molecule has 5 rings (SSSR count). The number of fused-ring (bicyclic) bond motifs is 1. The lowest BCUT2D eigenvalue weighted by molar-refractivity contribution is 0.103. The van der Waals surface area contributed by atoms with E-state index in [4.69, 9.17) is 14.2 Å². The van der Waals surface area contributed by atoms with E-state index in [-0.39, 0.29) is 12.7 Å². The predicted octanol–water partition coefficient (Wildman–Crippen LogP) is 5.32. The molecule has 1 aliphatic rings. The van der Waals surface area contributed by atoms with E-state index in [0.717, 1.165) is 15.6 Å². The number of nitrogens with one attached hydrogen (secondary N) is 1. The lowest BCUT2D eigenvalue weighted by Crippen LogP contribution is -2.11. The van der Waals surface area contributed by atoms with Gasteiger partial charge in [-0.05, 0) is 41.3 Å². The number of amides is 1. The molecule has 0 radical (unpaired) electrons. The number of anilines is 1. The zero-order chi connectivity index (χ0) is 21.9. The Labute approximate surface area is 196 Å². The van der Waals surface area contributed by atoms with Gasteiger partial charge < -0.3 is 19.5 Å². The van der Waals surface area contributed by atoms with Gasteiger partial charge in [0.05, 0.1) is 11.4 Å². The van der Waals surface area contributed by atoms with Crippen LogP contribution in [-0.2, 0) is 13.2 Å². The van der Waals surface area contributed by atoms with E-state index in [9.17, 15) is 4.79 Å². The van der Waals surface area contributed by atoms with Gasteiger partial charge in [-0.25, -0.2) is 0 Å². The molecule has 9 heteroatoms. The van der Waals surface area contributed by atoms with Gasteiger partial charge in [-0.15, -0.1) is 11.3 Å². The van der Waals surface area contributed by atoms with Crippen molar-refractivity contribution in [3.63, 3.8) is 0 Å². The highest BCUT2D eigenvalue weighted by atomic mass is 79.9. The van der Waals surface area contributed by atoms with E-state index in [1.54, 1.807) is 16.8 Å². The second-order valence-electron chi connectivity index (χ2n) is 7.10. The van der Waals surface area contributed by atoms with Crippen LogP contribution in [-0.4, -0.2) is 22.5 Å². The van der Waals surface area contributed by atoms with Crippen LogP contribution in [0.2, 0.25) is 0 Å². The summed E-state index contributed by atoms with van der Waals surface area (Å²) in [5.41, 5.74) is 2.04. The van der Waals surface area contributed by atoms with Crippen LogP contribution < -0.4 is 19.5 Å². The molecule has 162 valence electrons. The van der Waals surface area contributed by atoms with Crippen molar-refractivity contribution in [2.75, 3.05) is 12.1 Å². The average Bonchev–Trinajstić information content (AvgIpc) is 3.54. The predicted molar refractivity (Wildman–Crippen MR) is 125 cm³/mol. The molecular formula is C23H18BrN3O4S. The number of carbonyl (C=O) groups excluding carboxylic acids is 1. The normalized spacial score (nSPS) is 12.0. The van der Waals surface area contributed by atoms with E-state index in [2.05, 4.69) is 26.3 Å². The molecule has 3 heterocycles. The summed E-state index contributed by atoms with van der Waals surface area (Å²) in [5.74, 6) is 2.39. The second-order valence-corrected chi connectivity index (χ2v) is 8.93. The standard InChI is InChI=1S/C23H18BrN3O4S/c24-17-3-1-15(2-4-17)11-27-8-7-22(26-27)25-23(28)21-9-16(13-32-21)12-29-18-5-6-19-20(10-18)31-14-30-19/h1-10,13H,11-12,14H2,(H,25,26,28). The van der Waals surface area contributed by atoms with Crippen molar-refractivity contribution in [2.45, 2.75) is 13.2 Å². The fourth-order valence-corrected chi connectivity index (χ4v) is 4.23. The fourth-order valence-electron chi connectivity index (χ4n) is 3.17. The van der Waals surface area contributed by atoms with Crippen molar-refractivity contribution < 1.29 is 19.0 Å². The summed E-state index contributed by atoms with van der Waals surface area (Å²) in [4.78, 5) is 13.2. The van der Waals surface area contributed by atoms with E-state index in [1.165, 1.54) is 11.3 Å². The van der Waals surface area contributed by atoms with Gasteiger partial charge in [0, 0.05) is 28.4 Å². The summed E-state index contributed by atoms with van der Waals surface area (Å²) in [6.07, 6.45) is 1.84. The molecule has 32 heavy (non-hydrogen) atoms. The molecule has 0 unspecified atom stereocenters. The van der Waals surface area contributed by atoms with Crippen molar-refractivity contribution in [3.05, 3.63) is 86.7 Å². The first kappa shape index (κ1) is 20.6. The molecular weight excluding hydrogens is 494 g/mol. The number of hydrogen-bond acceptors (Lipinski definition) is 6. The van der Waals surface area contributed by atoms with E-state index in [0.29, 0.717) is 41.1 Å². The first-order valence-corrected chi connectivity index (χ1v) is 11.5. The SMILES string of the molecule is O=C(Nc1ccn(Cc2ccc(Br)cc2)n1)c1cc(COc2ccc3c(c2)OCO3)cs1. The third kappa shape index (κ3) is 4.79. The molecule has 1 N–H and O–H groups in total. The topological polar surface area (TPSA) is 74.6 Å². The maximum atomic E-state index is 12.6. The summed E-state index contributed by atoms with van der Waals surface area (Å²) in [7, 11) is 0. The van der Waals surface area contributed by atoms with Gasteiger partial charge in [-0.2, -0.15) is 5.10 Å². The number of hydrogen-bond donors (Lipinski definition) is 1. The molecule has 0 saturated heterocycles. The highest BCUT2D eigenvalue weighted by Crippen LogP contribution is 2.35. The Hall–Kier alpha value is -3.30. The van der Waals surface area contributed by atoms with Gasteiger partial charge in [0.15, 0.2) is 17.3 Å². The van der Waals surface area contributed by atoms with E-state index in [1.807, 2.05) is 54.0 Å². The molecule has 4 aromatic rings. The molecule has 0 saturated carbocycles. The molecule has 0 aliphatic carbocycles. The van der Waals surface area contributed by atoms with Gasteiger partial charge in [0.25, 0.3) is 5.91 Å². The number of carbonyl (C=O) groups is 1. The van der Waals surface area contributed by atoms with Crippen LogP contribution in [0, 0.1) is 0 Å². The Morgan fingerprint density at radius 3 is 2.81 bits per heavy atom. The van der Waals surface area contributed by atoms with Crippen molar-refractivity contribution in [1.29, 1.82) is 0 Å². The Balaban J connectivity index is 1.16. The number of benzene rings is 2.